The van der Waals surface area contributed by atoms with Gasteiger partial charge in [0.15, 0.2) is 0 Å². The molecule has 0 spiro atoms. The van der Waals surface area contributed by atoms with E-state index in [0.29, 0.717) is 11.4 Å². The van der Waals surface area contributed by atoms with Gasteiger partial charge in [0.1, 0.15) is 18.4 Å². The van der Waals surface area contributed by atoms with E-state index in [2.05, 4.69) is 5.32 Å². The number of anilines is 2. The normalized spacial score (nSPS) is 17.1. The summed E-state index contributed by atoms with van der Waals surface area (Å²) in [6, 6.07) is 12.8. The first-order valence-electron chi connectivity index (χ1n) is 7.72. The lowest BCUT2D eigenvalue weighted by atomic mass is 10.2. The SMILES string of the molecule is C[C@@H]1C(=O)N(CC(=O)Nc2ccc(F)cc2)C(=O)N1c1ccccc1. The number of para-hydroxylation sites is 1. The van der Waals surface area contributed by atoms with E-state index in [1.165, 1.54) is 29.2 Å². The highest BCUT2D eigenvalue weighted by Gasteiger charge is 2.43. The van der Waals surface area contributed by atoms with Gasteiger partial charge in [-0.1, -0.05) is 18.2 Å². The molecule has 0 radical (unpaired) electrons. The fourth-order valence-corrected chi connectivity index (χ4v) is 2.67. The minimum absolute atomic E-state index is 0.387. The average Bonchev–Trinajstić information content (AvgIpc) is 2.81. The van der Waals surface area contributed by atoms with Crippen LogP contribution < -0.4 is 10.2 Å². The number of hydrogen-bond donors (Lipinski definition) is 1. The molecule has 1 saturated heterocycles. The molecular formula is C18H16FN3O3. The summed E-state index contributed by atoms with van der Waals surface area (Å²) in [6.45, 7) is 1.22. The van der Waals surface area contributed by atoms with E-state index in [0.717, 1.165) is 4.90 Å². The summed E-state index contributed by atoms with van der Waals surface area (Å²) >= 11 is 0. The molecule has 0 bridgehead atoms. The van der Waals surface area contributed by atoms with E-state index in [1.807, 2.05) is 6.07 Å². The molecule has 1 aliphatic heterocycles. The molecule has 6 nitrogen and oxygen atoms in total. The molecule has 2 aromatic carbocycles. The van der Waals surface area contributed by atoms with Crippen molar-refractivity contribution < 1.29 is 18.8 Å². The Morgan fingerprint density at radius 2 is 1.72 bits per heavy atom. The summed E-state index contributed by atoms with van der Waals surface area (Å²) in [5, 5.41) is 2.54. The molecule has 1 atom stereocenters. The van der Waals surface area contributed by atoms with Crippen molar-refractivity contribution in [2.24, 2.45) is 0 Å². The summed E-state index contributed by atoms with van der Waals surface area (Å²) in [5.74, 6) is -1.39. The molecule has 25 heavy (non-hydrogen) atoms. The van der Waals surface area contributed by atoms with Crippen LogP contribution in [0.15, 0.2) is 54.6 Å². The van der Waals surface area contributed by atoms with Gasteiger partial charge in [-0.05, 0) is 43.3 Å². The van der Waals surface area contributed by atoms with Gasteiger partial charge < -0.3 is 5.32 Å². The van der Waals surface area contributed by atoms with Crippen molar-refractivity contribution in [2.45, 2.75) is 13.0 Å². The van der Waals surface area contributed by atoms with Crippen molar-refractivity contribution in [2.75, 3.05) is 16.8 Å². The number of nitrogens with zero attached hydrogens (tertiary/aromatic N) is 2. The van der Waals surface area contributed by atoms with E-state index in [4.69, 9.17) is 0 Å². The molecule has 1 N–H and O–H groups in total. The first kappa shape index (κ1) is 16.6. The van der Waals surface area contributed by atoms with E-state index >= 15 is 0 Å². The van der Waals surface area contributed by atoms with Crippen LogP contribution in [0.1, 0.15) is 6.92 Å². The molecule has 3 rings (SSSR count). The van der Waals surface area contributed by atoms with Gasteiger partial charge in [-0.3, -0.25) is 19.4 Å². The monoisotopic (exact) mass is 341 g/mol. The molecule has 0 aliphatic carbocycles. The molecular weight excluding hydrogens is 325 g/mol. The zero-order valence-electron chi connectivity index (χ0n) is 13.5. The van der Waals surface area contributed by atoms with Gasteiger partial charge in [0, 0.05) is 11.4 Å². The molecule has 0 unspecified atom stereocenters. The maximum atomic E-state index is 12.9. The summed E-state index contributed by atoms with van der Waals surface area (Å²) in [6.07, 6.45) is 0. The lowest BCUT2D eigenvalue weighted by molar-refractivity contribution is -0.130. The molecule has 0 aromatic heterocycles. The van der Waals surface area contributed by atoms with Crippen molar-refractivity contribution in [1.82, 2.24) is 4.90 Å². The maximum absolute atomic E-state index is 12.9. The second kappa shape index (κ2) is 6.72. The Balaban J connectivity index is 1.72. The van der Waals surface area contributed by atoms with Crippen molar-refractivity contribution in [1.29, 1.82) is 0 Å². The number of imide groups is 1. The lowest BCUT2D eigenvalue weighted by Crippen LogP contribution is -2.39. The predicted molar refractivity (Wildman–Crippen MR) is 90.5 cm³/mol. The first-order chi connectivity index (χ1) is 12.0. The summed E-state index contributed by atoms with van der Waals surface area (Å²) in [7, 11) is 0. The van der Waals surface area contributed by atoms with Crippen molar-refractivity contribution in [3.8, 4) is 0 Å². The second-order valence-electron chi connectivity index (χ2n) is 5.64. The number of benzene rings is 2. The number of carbonyl (C=O) groups is 3. The third-order valence-electron chi connectivity index (χ3n) is 3.91. The van der Waals surface area contributed by atoms with Gasteiger partial charge in [-0.2, -0.15) is 0 Å². The van der Waals surface area contributed by atoms with Crippen LogP contribution in [0, 0.1) is 5.82 Å². The van der Waals surface area contributed by atoms with Crippen LogP contribution in [0.2, 0.25) is 0 Å². The van der Waals surface area contributed by atoms with Crippen LogP contribution in [0.5, 0.6) is 0 Å². The van der Waals surface area contributed by atoms with Gasteiger partial charge in [0.05, 0.1) is 0 Å². The minimum Gasteiger partial charge on any atom is -0.325 e. The molecule has 1 fully saturated rings. The first-order valence-corrected chi connectivity index (χ1v) is 7.72. The molecule has 1 aliphatic rings. The summed E-state index contributed by atoms with van der Waals surface area (Å²) in [4.78, 5) is 39.3. The third kappa shape index (κ3) is 3.35. The Labute approximate surface area is 143 Å². The maximum Gasteiger partial charge on any atom is 0.332 e. The summed E-state index contributed by atoms with van der Waals surface area (Å²) < 4.78 is 12.9. The molecule has 0 saturated carbocycles. The van der Waals surface area contributed by atoms with Crippen LogP contribution in [0.25, 0.3) is 0 Å². The quantitative estimate of drug-likeness (QED) is 0.869. The largest absolute Gasteiger partial charge is 0.332 e. The van der Waals surface area contributed by atoms with E-state index in [1.54, 1.807) is 31.2 Å². The van der Waals surface area contributed by atoms with Crippen LogP contribution in [-0.2, 0) is 9.59 Å². The Morgan fingerprint density at radius 3 is 2.36 bits per heavy atom. The van der Waals surface area contributed by atoms with Crippen LogP contribution in [0.4, 0.5) is 20.6 Å². The average molecular weight is 341 g/mol. The molecule has 128 valence electrons. The number of nitrogens with one attached hydrogen (secondary N) is 1. The van der Waals surface area contributed by atoms with Gasteiger partial charge in [-0.25, -0.2) is 9.18 Å². The molecule has 1 heterocycles. The molecule has 2 aromatic rings. The predicted octanol–water partition coefficient (Wildman–Crippen LogP) is 2.62. The standard InChI is InChI=1S/C18H16FN3O3/c1-12-17(24)21(18(25)22(12)15-5-3-2-4-6-15)11-16(23)20-14-9-7-13(19)8-10-14/h2-10,12H,11H2,1H3,(H,20,23)/t12-/m1/s1. The van der Waals surface area contributed by atoms with Crippen LogP contribution in [-0.4, -0.2) is 35.3 Å². The Kier molecular flexibility index (Phi) is 4.47. The second-order valence-corrected chi connectivity index (χ2v) is 5.64. The minimum atomic E-state index is -0.687. The van der Waals surface area contributed by atoms with Gasteiger partial charge in [-0.15, -0.1) is 0 Å². The Bertz CT molecular complexity index is 808. The highest BCUT2D eigenvalue weighted by Crippen LogP contribution is 2.25. The third-order valence-corrected chi connectivity index (χ3v) is 3.91. The zero-order valence-corrected chi connectivity index (χ0v) is 13.5. The fraction of sp³-hybridized carbons (Fsp3) is 0.167. The van der Waals surface area contributed by atoms with Gasteiger partial charge in [0.2, 0.25) is 5.91 Å². The van der Waals surface area contributed by atoms with Gasteiger partial charge >= 0.3 is 6.03 Å². The topological polar surface area (TPSA) is 69.7 Å². The number of rotatable bonds is 4. The van der Waals surface area contributed by atoms with Crippen molar-refractivity contribution >= 4 is 29.2 Å². The Morgan fingerprint density at radius 1 is 1.08 bits per heavy atom. The zero-order chi connectivity index (χ0) is 18.0. The van der Waals surface area contributed by atoms with Crippen molar-refractivity contribution in [3.63, 3.8) is 0 Å². The number of halogens is 1. The number of urea groups is 1. The molecule has 4 amide bonds. The lowest BCUT2D eigenvalue weighted by Gasteiger charge is -2.19. The summed E-state index contributed by atoms with van der Waals surface area (Å²) in [5.41, 5.74) is 0.980. The van der Waals surface area contributed by atoms with E-state index < -0.39 is 36.2 Å². The number of hydrogen-bond acceptors (Lipinski definition) is 3. The Hall–Kier alpha value is -3.22. The number of amides is 4. The molecule has 7 heteroatoms. The van der Waals surface area contributed by atoms with Crippen LogP contribution >= 0.6 is 0 Å². The van der Waals surface area contributed by atoms with E-state index in [-0.39, 0.29) is 0 Å². The smallest absolute Gasteiger partial charge is 0.325 e. The van der Waals surface area contributed by atoms with E-state index in [9.17, 15) is 18.8 Å². The fourth-order valence-electron chi connectivity index (χ4n) is 2.67. The van der Waals surface area contributed by atoms with Gasteiger partial charge in [0.25, 0.3) is 5.91 Å². The highest BCUT2D eigenvalue weighted by molar-refractivity contribution is 6.16. The number of carbonyl (C=O) groups excluding carboxylic acids is 3. The van der Waals surface area contributed by atoms with Crippen LogP contribution in [0.3, 0.4) is 0 Å². The highest BCUT2D eigenvalue weighted by atomic mass is 19.1. The van der Waals surface area contributed by atoms with Crippen molar-refractivity contribution in [3.05, 3.63) is 60.4 Å².